The van der Waals surface area contributed by atoms with Crippen molar-refractivity contribution < 1.29 is 13.5 Å². The average Bonchev–Trinajstić information content (AvgIpc) is 2.69. The number of aromatic nitrogens is 2. The molecule has 8 heteroatoms. The van der Waals surface area contributed by atoms with Gasteiger partial charge in [0.05, 0.1) is 17.1 Å². The molecule has 0 atom stereocenters. The third-order valence-corrected chi connectivity index (χ3v) is 6.36. The van der Waals surface area contributed by atoms with Crippen molar-refractivity contribution in [3.05, 3.63) is 71.1 Å². The predicted molar refractivity (Wildman–Crippen MR) is 115 cm³/mol. The highest BCUT2D eigenvalue weighted by molar-refractivity contribution is 7.92. The molecule has 1 heterocycles. The fourth-order valence-corrected chi connectivity index (χ4v) is 4.04. The van der Waals surface area contributed by atoms with Gasteiger partial charge in [0, 0.05) is 5.41 Å². The summed E-state index contributed by atoms with van der Waals surface area (Å²) in [5, 5.41) is 9.65. The Balaban J connectivity index is 1.97. The van der Waals surface area contributed by atoms with Crippen molar-refractivity contribution in [3.63, 3.8) is 0 Å². The van der Waals surface area contributed by atoms with E-state index >= 15 is 0 Å². The normalized spacial score (nSPS) is 12.0. The van der Waals surface area contributed by atoms with Gasteiger partial charge in [-0.2, -0.15) is 0 Å². The number of rotatable bonds is 6. The van der Waals surface area contributed by atoms with Crippen molar-refractivity contribution >= 4 is 27.4 Å². The number of aliphatic hydroxyl groups excluding tert-OH is 1. The molecule has 0 saturated carbocycles. The first kappa shape index (κ1) is 21.2. The van der Waals surface area contributed by atoms with Crippen LogP contribution in [0.4, 0.5) is 5.82 Å². The van der Waals surface area contributed by atoms with Gasteiger partial charge in [0.25, 0.3) is 10.0 Å². The van der Waals surface area contributed by atoms with Crippen LogP contribution in [0.2, 0.25) is 5.15 Å². The SMILES string of the molecule is Cc1ccc(-c2c(Cl)ncnc2NS(=O)(=O)c2ccc(C(C)(C)CO)cc2)cc1. The molecule has 152 valence electrons. The minimum Gasteiger partial charge on any atom is -0.395 e. The molecule has 0 bridgehead atoms. The number of anilines is 1. The Morgan fingerprint density at radius 3 is 2.24 bits per heavy atom. The molecule has 0 saturated heterocycles. The smallest absolute Gasteiger partial charge is 0.263 e. The highest BCUT2D eigenvalue weighted by Crippen LogP contribution is 2.33. The van der Waals surface area contributed by atoms with Crippen LogP contribution in [-0.4, -0.2) is 30.1 Å². The Kier molecular flexibility index (Phi) is 5.93. The third-order valence-electron chi connectivity index (χ3n) is 4.71. The Hall–Kier alpha value is -2.48. The molecule has 2 N–H and O–H groups in total. The Morgan fingerprint density at radius 1 is 1.03 bits per heavy atom. The van der Waals surface area contributed by atoms with Crippen LogP contribution < -0.4 is 4.72 Å². The number of aliphatic hydroxyl groups is 1. The van der Waals surface area contributed by atoms with E-state index in [-0.39, 0.29) is 22.5 Å². The summed E-state index contributed by atoms with van der Waals surface area (Å²) in [7, 11) is -3.90. The maximum Gasteiger partial charge on any atom is 0.263 e. The summed E-state index contributed by atoms with van der Waals surface area (Å²) in [6, 6.07) is 13.9. The van der Waals surface area contributed by atoms with Gasteiger partial charge in [-0.25, -0.2) is 18.4 Å². The van der Waals surface area contributed by atoms with E-state index in [0.29, 0.717) is 11.1 Å². The maximum atomic E-state index is 12.9. The fourth-order valence-electron chi connectivity index (χ4n) is 2.78. The highest BCUT2D eigenvalue weighted by atomic mass is 35.5. The second-order valence-electron chi connectivity index (χ2n) is 7.43. The summed E-state index contributed by atoms with van der Waals surface area (Å²) in [4.78, 5) is 8.17. The fraction of sp³-hybridized carbons (Fsp3) is 0.238. The lowest BCUT2D eigenvalue weighted by molar-refractivity contribution is 0.218. The van der Waals surface area contributed by atoms with Crippen LogP contribution in [0.1, 0.15) is 25.0 Å². The van der Waals surface area contributed by atoms with Gasteiger partial charge in [0.1, 0.15) is 11.5 Å². The molecule has 0 aliphatic carbocycles. The van der Waals surface area contributed by atoms with Crippen LogP contribution in [0, 0.1) is 6.92 Å². The minimum atomic E-state index is -3.90. The number of benzene rings is 2. The molecule has 3 aromatic rings. The molecule has 0 aliphatic rings. The Morgan fingerprint density at radius 2 is 1.66 bits per heavy atom. The van der Waals surface area contributed by atoms with Gasteiger partial charge in [0.15, 0.2) is 5.82 Å². The van der Waals surface area contributed by atoms with Crippen LogP contribution in [-0.2, 0) is 15.4 Å². The van der Waals surface area contributed by atoms with E-state index in [1.807, 2.05) is 45.0 Å². The molecular formula is C21H22ClN3O3S. The van der Waals surface area contributed by atoms with Crippen molar-refractivity contribution in [2.75, 3.05) is 11.3 Å². The van der Waals surface area contributed by atoms with Crippen LogP contribution in [0.25, 0.3) is 11.1 Å². The number of hydrogen-bond donors (Lipinski definition) is 2. The summed E-state index contributed by atoms with van der Waals surface area (Å²) in [5.41, 5.74) is 2.56. The number of hydrogen-bond acceptors (Lipinski definition) is 5. The number of halogens is 1. The summed E-state index contributed by atoms with van der Waals surface area (Å²) >= 11 is 6.26. The second-order valence-corrected chi connectivity index (χ2v) is 9.47. The number of sulfonamides is 1. The van der Waals surface area contributed by atoms with Crippen LogP contribution >= 0.6 is 11.6 Å². The first-order valence-corrected chi connectivity index (χ1v) is 10.8. The first-order chi connectivity index (χ1) is 13.6. The van der Waals surface area contributed by atoms with Crippen LogP contribution in [0.15, 0.2) is 59.8 Å². The quantitative estimate of drug-likeness (QED) is 0.571. The highest BCUT2D eigenvalue weighted by Gasteiger charge is 2.23. The Labute approximate surface area is 175 Å². The van der Waals surface area contributed by atoms with Crippen molar-refractivity contribution in [2.45, 2.75) is 31.1 Å². The second kappa shape index (κ2) is 8.10. The molecule has 29 heavy (non-hydrogen) atoms. The van der Waals surface area contributed by atoms with Crippen molar-refractivity contribution in [1.29, 1.82) is 0 Å². The predicted octanol–water partition coefficient (Wildman–Crippen LogP) is 4.18. The molecular weight excluding hydrogens is 410 g/mol. The molecule has 0 fully saturated rings. The van der Waals surface area contributed by atoms with Gasteiger partial charge in [0.2, 0.25) is 0 Å². The van der Waals surface area contributed by atoms with E-state index in [1.54, 1.807) is 12.1 Å². The van der Waals surface area contributed by atoms with E-state index < -0.39 is 15.4 Å². The number of aryl methyl sites for hydroxylation is 1. The number of nitrogens with one attached hydrogen (secondary N) is 1. The van der Waals surface area contributed by atoms with E-state index in [9.17, 15) is 13.5 Å². The number of nitrogens with zero attached hydrogens (tertiary/aromatic N) is 2. The van der Waals surface area contributed by atoms with E-state index in [1.165, 1.54) is 18.5 Å². The van der Waals surface area contributed by atoms with Gasteiger partial charge in [-0.1, -0.05) is 67.4 Å². The molecule has 0 aliphatic heterocycles. The average molecular weight is 432 g/mol. The molecule has 1 aromatic heterocycles. The van der Waals surface area contributed by atoms with E-state index in [4.69, 9.17) is 11.6 Å². The van der Waals surface area contributed by atoms with Crippen LogP contribution in [0.3, 0.4) is 0 Å². The lowest BCUT2D eigenvalue weighted by atomic mass is 9.86. The summed E-state index contributed by atoms with van der Waals surface area (Å²) in [5.74, 6) is 0.105. The first-order valence-electron chi connectivity index (χ1n) is 8.96. The Bertz CT molecular complexity index is 1110. The van der Waals surface area contributed by atoms with Gasteiger partial charge < -0.3 is 5.11 Å². The third kappa shape index (κ3) is 4.58. The van der Waals surface area contributed by atoms with Gasteiger partial charge in [-0.05, 0) is 30.2 Å². The summed E-state index contributed by atoms with van der Waals surface area (Å²) in [6.07, 6.45) is 1.21. The van der Waals surface area contributed by atoms with Gasteiger partial charge in [-0.3, -0.25) is 4.72 Å². The topological polar surface area (TPSA) is 92.2 Å². The summed E-state index contributed by atoms with van der Waals surface area (Å²) in [6.45, 7) is 5.67. The van der Waals surface area contributed by atoms with Crippen molar-refractivity contribution in [2.24, 2.45) is 0 Å². The lowest BCUT2D eigenvalue weighted by Crippen LogP contribution is -2.22. The minimum absolute atomic E-state index is 0.0449. The molecule has 0 unspecified atom stereocenters. The summed E-state index contributed by atoms with van der Waals surface area (Å²) < 4.78 is 28.4. The largest absolute Gasteiger partial charge is 0.395 e. The standard InChI is InChI=1S/C21H22ClN3O3S/c1-14-4-6-15(7-5-14)18-19(22)23-13-24-20(18)25-29(27,28)17-10-8-16(9-11-17)21(2,3)12-26/h4-11,13,26H,12H2,1-3H3,(H,23,24,25). The van der Waals surface area contributed by atoms with Gasteiger partial charge in [-0.15, -0.1) is 0 Å². The van der Waals surface area contributed by atoms with Gasteiger partial charge >= 0.3 is 0 Å². The van der Waals surface area contributed by atoms with E-state index in [0.717, 1.165) is 11.1 Å². The van der Waals surface area contributed by atoms with Crippen molar-refractivity contribution in [1.82, 2.24) is 9.97 Å². The zero-order valence-corrected chi connectivity index (χ0v) is 17.9. The zero-order chi connectivity index (χ0) is 21.2. The molecule has 0 radical (unpaired) electrons. The monoisotopic (exact) mass is 431 g/mol. The molecule has 6 nitrogen and oxygen atoms in total. The molecule has 2 aromatic carbocycles. The van der Waals surface area contributed by atoms with Crippen molar-refractivity contribution in [3.8, 4) is 11.1 Å². The lowest BCUT2D eigenvalue weighted by Gasteiger charge is -2.22. The van der Waals surface area contributed by atoms with Crippen LogP contribution in [0.5, 0.6) is 0 Å². The molecule has 3 rings (SSSR count). The zero-order valence-electron chi connectivity index (χ0n) is 16.3. The maximum absolute atomic E-state index is 12.9. The molecule has 0 spiro atoms. The van der Waals surface area contributed by atoms with E-state index in [2.05, 4.69) is 14.7 Å². The molecule has 0 amide bonds.